The van der Waals surface area contributed by atoms with E-state index >= 15 is 0 Å². The first-order valence-electron chi connectivity index (χ1n) is 6.97. The lowest BCUT2D eigenvalue weighted by atomic mass is 10.2. The maximum atomic E-state index is 12.7. The molecule has 1 heterocycles. The molecule has 2 aromatic carbocycles. The summed E-state index contributed by atoms with van der Waals surface area (Å²) in [6.45, 7) is 1.97. The number of benzene rings is 2. The van der Waals surface area contributed by atoms with E-state index < -0.39 is 5.37 Å². The first kappa shape index (κ1) is 14.7. The molecule has 2 aromatic rings. The molecule has 1 aliphatic heterocycles. The summed E-state index contributed by atoms with van der Waals surface area (Å²) in [4.78, 5) is 28.0. The fraction of sp³-hybridized carbons (Fsp3) is 0.176. The molecule has 0 N–H and O–H groups in total. The van der Waals surface area contributed by atoms with Crippen LogP contribution in [0.2, 0.25) is 0 Å². The van der Waals surface area contributed by atoms with Crippen molar-refractivity contribution in [3.8, 4) is 0 Å². The van der Waals surface area contributed by atoms with Crippen molar-refractivity contribution < 1.29 is 9.59 Å². The number of hydrogen-bond donors (Lipinski definition) is 0. The van der Waals surface area contributed by atoms with Gasteiger partial charge in [-0.3, -0.25) is 9.59 Å². The van der Waals surface area contributed by atoms with Gasteiger partial charge in [0.15, 0.2) is 5.37 Å². The van der Waals surface area contributed by atoms with E-state index in [0.717, 1.165) is 23.0 Å². The number of aryl methyl sites for hydroxylation is 1. The molecule has 0 radical (unpaired) electrons. The number of amides is 2. The number of carbonyl (C=O) groups is 2. The van der Waals surface area contributed by atoms with Crippen LogP contribution in [0.3, 0.4) is 0 Å². The SMILES string of the molecule is Cc1ccc(N2C(=O)S[C@H](N(C)c3ccccc3)C2=O)cc1. The lowest BCUT2D eigenvalue weighted by Crippen LogP contribution is -2.39. The minimum Gasteiger partial charge on any atom is -0.354 e. The lowest BCUT2D eigenvalue weighted by molar-refractivity contribution is -0.116. The van der Waals surface area contributed by atoms with E-state index in [4.69, 9.17) is 0 Å². The van der Waals surface area contributed by atoms with Gasteiger partial charge in [-0.2, -0.15) is 0 Å². The van der Waals surface area contributed by atoms with Crippen LogP contribution in [-0.2, 0) is 4.79 Å². The molecule has 0 spiro atoms. The van der Waals surface area contributed by atoms with Crippen LogP contribution in [0.15, 0.2) is 54.6 Å². The second-order valence-electron chi connectivity index (χ2n) is 5.19. The predicted octanol–water partition coefficient (Wildman–Crippen LogP) is 3.66. The molecular weight excluding hydrogens is 296 g/mol. The normalized spacial score (nSPS) is 17.9. The second-order valence-corrected chi connectivity index (χ2v) is 6.22. The van der Waals surface area contributed by atoms with Gasteiger partial charge in [0, 0.05) is 12.7 Å². The Morgan fingerprint density at radius 3 is 2.27 bits per heavy atom. The average Bonchev–Trinajstić information content (AvgIpc) is 2.83. The molecule has 1 atom stereocenters. The molecule has 2 amide bonds. The van der Waals surface area contributed by atoms with Crippen molar-refractivity contribution in [3.05, 3.63) is 60.2 Å². The largest absolute Gasteiger partial charge is 0.354 e. The highest BCUT2D eigenvalue weighted by Gasteiger charge is 2.43. The van der Waals surface area contributed by atoms with Gasteiger partial charge < -0.3 is 4.90 Å². The van der Waals surface area contributed by atoms with E-state index in [-0.39, 0.29) is 11.1 Å². The maximum absolute atomic E-state index is 12.7. The number of thioether (sulfide) groups is 1. The number of para-hydroxylation sites is 1. The van der Waals surface area contributed by atoms with Crippen LogP contribution in [-0.4, -0.2) is 23.6 Å². The van der Waals surface area contributed by atoms with Crippen molar-refractivity contribution in [3.63, 3.8) is 0 Å². The van der Waals surface area contributed by atoms with Gasteiger partial charge >= 0.3 is 0 Å². The summed E-state index contributed by atoms with van der Waals surface area (Å²) < 4.78 is 0. The maximum Gasteiger partial charge on any atom is 0.295 e. The first-order chi connectivity index (χ1) is 10.6. The van der Waals surface area contributed by atoms with Crippen molar-refractivity contribution in [2.75, 3.05) is 16.8 Å². The highest BCUT2D eigenvalue weighted by Crippen LogP contribution is 2.34. The summed E-state index contributed by atoms with van der Waals surface area (Å²) in [6, 6.07) is 17.0. The standard InChI is InChI=1S/C17H16N2O2S/c1-12-8-10-14(11-9-12)19-15(20)16(22-17(19)21)18(2)13-6-4-3-5-7-13/h3-11,16H,1-2H3/t16-/m0/s1. The summed E-state index contributed by atoms with van der Waals surface area (Å²) >= 11 is 1.05. The molecule has 1 fully saturated rings. The Balaban J connectivity index is 1.87. The van der Waals surface area contributed by atoms with Crippen molar-refractivity contribution in [2.45, 2.75) is 12.3 Å². The van der Waals surface area contributed by atoms with Crippen molar-refractivity contribution >= 4 is 34.3 Å². The summed E-state index contributed by atoms with van der Waals surface area (Å²) in [5.74, 6) is -0.204. The smallest absolute Gasteiger partial charge is 0.295 e. The molecule has 0 aromatic heterocycles. The fourth-order valence-electron chi connectivity index (χ4n) is 2.37. The fourth-order valence-corrected chi connectivity index (χ4v) is 3.35. The molecule has 0 unspecified atom stereocenters. The monoisotopic (exact) mass is 312 g/mol. The molecule has 0 saturated carbocycles. The molecular formula is C17H16N2O2S. The van der Waals surface area contributed by atoms with E-state index in [0.29, 0.717) is 5.69 Å². The molecule has 22 heavy (non-hydrogen) atoms. The summed E-state index contributed by atoms with van der Waals surface area (Å²) in [5.41, 5.74) is 2.62. The lowest BCUT2D eigenvalue weighted by Gasteiger charge is -2.24. The van der Waals surface area contributed by atoms with Gasteiger partial charge in [-0.25, -0.2) is 4.90 Å². The molecule has 0 aliphatic carbocycles. The first-order valence-corrected chi connectivity index (χ1v) is 7.85. The van der Waals surface area contributed by atoms with Crippen LogP contribution in [0.25, 0.3) is 0 Å². The Hall–Kier alpha value is -2.27. The topological polar surface area (TPSA) is 40.6 Å². The highest BCUT2D eigenvalue weighted by atomic mass is 32.2. The zero-order valence-electron chi connectivity index (χ0n) is 12.4. The van der Waals surface area contributed by atoms with Gasteiger partial charge in [-0.15, -0.1) is 0 Å². The van der Waals surface area contributed by atoms with E-state index in [2.05, 4.69) is 0 Å². The van der Waals surface area contributed by atoms with Gasteiger partial charge in [0.2, 0.25) is 0 Å². The van der Waals surface area contributed by atoms with Gasteiger partial charge in [-0.1, -0.05) is 35.9 Å². The van der Waals surface area contributed by atoms with Gasteiger partial charge in [0.05, 0.1) is 5.69 Å². The second kappa shape index (κ2) is 5.85. The third kappa shape index (κ3) is 2.60. The third-order valence-electron chi connectivity index (χ3n) is 3.63. The van der Waals surface area contributed by atoms with Crippen LogP contribution in [0.5, 0.6) is 0 Å². The molecule has 1 saturated heterocycles. The number of rotatable bonds is 3. The van der Waals surface area contributed by atoms with Crippen LogP contribution in [0.4, 0.5) is 16.2 Å². The van der Waals surface area contributed by atoms with Crippen molar-refractivity contribution in [1.82, 2.24) is 0 Å². The summed E-state index contributed by atoms with van der Waals surface area (Å²) in [6.07, 6.45) is 0. The molecule has 1 aliphatic rings. The van der Waals surface area contributed by atoms with E-state index in [1.165, 1.54) is 4.90 Å². The van der Waals surface area contributed by atoms with Crippen LogP contribution < -0.4 is 9.80 Å². The number of carbonyl (C=O) groups excluding carboxylic acids is 2. The van der Waals surface area contributed by atoms with E-state index in [1.807, 2.05) is 61.3 Å². The van der Waals surface area contributed by atoms with Crippen molar-refractivity contribution in [1.29, 1.82) is 0 Å². The summed E-state index contributed by atoms with van der Waals surface area (Å²) in [7, 11) is 1.83. The summed E-state index contributed by atoms with van der Waals surface area (Å²) in [5, 5.41) is -0.766. The molecule has 3 rings (SSSR count). The molecule has 112 valence electrons. The van der Waals surface area contributed by atoms with Gasteiger partial charge in [-0.05, 0) is 43.0 Å². The Morgan fingerprint density at radius 1 is 1.00 bits per heavy atom. The number of nitrogens with zero attached hydrogens (tertiary/aromatic N) is 2. The Labute approximate surface area is 133 Å². The highest BCUT2D eigenvalue weighted by molar-refractivity contribution is 8.16. The van der Waals surface area contributed by atoms with E-state index in [9.17, 15) is 9.59 Å². The molecule has 0 bridgehead atoms. The third-order valence-corrected chi connectivity index (χ3v) is 4.76. The Kier molecular flexibility index (Phi) is 3.90. The Bertz CT molecular complexity index is 700. The minimum absolute atomic E-state index is 0.204. The zero-order valence-corrected chi connectivity index (χ0v) is 13.2. The number of imide groups is 1. The Morgan fingerprint density at radius 2 is 1.64 bits per heavy atom. The number of hydrogen-bond acceptors (Lipinski definition) is 4. The van der Waals surface area contributed by atoms with Crippen LogP contribution in [0, 0.1) is 6.92 Å². The van der Waals surface area contributed by atoms with Crippen LogP contribution >= 0.6 is 11.8 Å². The van der Waals surface area contributed by atoms with E-state index in [1.54, 1.807) is 12.1 Å². The predicted molar refractivity (Wildman–Crippen MR) is 90.3 cm³/mol. The average molecular weight is 312 g/mol. The molecule has 5 heteroatoms. The zero-order chi connectivity index (χ0) is 15.7. The van der Waals surface area contributed by atoms with Crippen LogP contribution in [0.1, 0.15) is 5.56 Å². The van der Waals surface area contributed by atoms with Gasteiger partial charge in [0.25, 0.3) is 11.1 Å². The van der Waals surface area contributed by atoms with Crippen molar-refractivity contribution in [2.24, 2.45) is 0 Å². The van der Waals surface area contributed by atoms with Gasteiger partial charge in [0.1, 0.15) is 0 Å². The molecule has 4 nitrogen and oxygen atoms in total. The number of anilines is 2. The number of likely N-dealkylation sites (N-methyl/N-ethyl adjacent to an activating group) is 1. The quantitative estimate of drug-likeness (QED) is 0.867. The minimum atomic E-state index is -0.531.